The fourth-order valence-electron chi connectivity index (χ4n) is 2.21. The number of thioether (sulfide) groups is 1. The van der Waals surface area contributed by atoms with Crippen molar-refractivity contribution in [2.24, 2.45) is 0 Å². The molecule has 25 heavy (non-hydrogen) atoms. The predicted molar refractivity (Wildman–Crippen MR) is 96.1 cm³/mol. The summed E-state index contributed by atoms with van der Waals surface area (Å²) in [7, 11) is 0. The predicted octanol–water partition coefficient (Wildman–Crippen LogP) is 1.20. The Morgan fingerprint density at radius 2 is 1.84 bits per heavy atom. The van der Waals surface area contributed by atoms with Gasteiger partial charge in [0.25, 0.3) is 11.1 Å². The molecule has 0 radical (unpaired) electrons. The molecule has 3 N–H and O–H groups in total. The van der Waals surface area contributed by atoms with Gasteiger partial charge in [-0.3, -0.25) is 0 Å². The van der Waals surface area contributed by atoms with Crippen molar-refractivity contribution in [3.63, 3.8) is 0 Å². The number of nitrogens with zero attached hydrogens (tertiary/aromatic N) is 2. The lowest BCUT2D eigenvalue weighted by molar-refractivity contribution is -0.431. The first-order chi connectivity index (χ1) is 11.6. The van der Waals surface area contributed by atoms with E-state index in [9.17, 15) is 0 Å². The second-order valence-corrected chi connectivity index (χ2v) is 7.09. The van der Waals surface area contributed by atoms with Crippen LogP contribution < -0.4 is 18.1 Å². The first kappa shape index (κ1) is 20.1. The van der Waals surface area contributed by atoms with E-state index in [1.54, 1.807) is 6.07 Å². The summed E-state index contributed by atoms with van der Waals surface area (Å²) in [5.41, 5.74) is 6.28. The molecule has 0 aliphatic carbocycles. The summed E-state index contributed by atoms with van der Waals surface area (Å²) in [5, 5.41) is 9.95. The van der Waals surface area contributed by atoms with Crippen molar-refractivity contribution in [2.45, 2.75) is 23.4 Å². The van der Waals surface area contributed by atoms with Crippen LogP contribution in [0.25, 0.3) is 0 Å². The normalized spacial score (nSPS) is 11.8. The van der Waals surface area contributed by atoms with Crippen LogP contribution in [0.5, 0.6) is 0 Å². The number of hydrogen-bond donors (Lipinski definition) is 1. The summed E-state index contributed by atoms with van der Waals surface area (Å²) in [6, 6.07) is 15.5. The molecule has 1 heterocycles. The average Bonchev–Trinajstić information content (AvgIpc) is 3.04. The van der Waals surface area contributed by atoms with Crippen molar-refractivity contribution in [3.05, 3.63) is 75.6 Å². The molecule has 0 aliphatic rings. The molecule has 0 amide bonds. The molecule has 8 heteroatoms. The van der Waals surface area contributed by atoms with Gasteiger partial charge in [-0.2, -0.15) is 0 Å². The molecule has 0 saturated carbocycles. The minimum atomic E-state index is -0.0756. The Labute approximate surface area is 166 Å². The molecule has 0 unspecified atom stereocenters. The Balaban J connectivity index is 0.00000225. The van der Waals surface area contributed by atoms with E-state index in [4.69, 9.17) is 27.6 Å². The topological polar surface area (TPSA) is 66.6 Å². The maximum Gasteiger partial charge on any atom is 0.277 e. The molecule has 1 atom stereocenters. The second-order valence-electron chi connectivity index (χ2n) is 5.32. The van der Waals surface area contributed by atoms with E-state index in [0.717, 1.165) is 12.0 Å². The standard InChI is InChI=1S/C17H15Cl2N3OS.ClH/c18-13-7-6-12(14(19)9-13)10-24-17-22-21-16(23-17)15(20)8-11-4-2-1-3-5-11;/h1-7,9,15H,8,10,20H2;1H/t15-;/m0./s1. The van der Waals surface area contributed by atoms with E-state index in [2.05, 4.69) is 28.1 Å². The van der Waals surface area contributed by atoms with E-state index in [1.165, 1.54) is 17.3 Å². The van der Waals surface area contributed by atoms with Crippen LogP contribution in [0.15, 0.2) is 58.2 Å². The highest BCUT2D eigenvalue weighted by Crippen LogP contribution is 2.28. The van der Waals surface area contributed by atoms with Crippen LogP contribution in [0.2, 0.25) is 10.0 Å². The third-order valence-electron chi connectivity index (χ3n) is 3.46. The van der Waals surface area contributed by atoms with Crippen LogP contribution in [0.3, 0.4) is 0 Å². The fourth-order valence-corrected chi connectivity index (χ4v) is 3.54. The van der Waals surface area contributed by atoms with Gasteiger partial charge in [-0.25, -0.2) is 0 Å². The zero-order valence-electron chi connectivity index (χ0n) is 13.2. The monoisotopic (exact) mass is 415 g/mol. The first-order valence-corrected chi connectivity index (χ1v) is 9.13. The molecular formula is C17H16Cl3N3OS. The van der Waals surface area contributed by atoms with Gasteiger partial charge in [0.15, 0.2) is 6.04 Å². The van der Waals surface area contributed by atoms with Crippen LogP contribution in [0.1, 0.15) is 23.1 Å². The van der Waals surface area contributed by atoms with Crippen LogP contribution in [-0.4, -0.2) is 10.2 Å². The van der Waals surface area contributed by atoms with Crippen LogP contribution in [0, 0.1) is 0 Å². The lowest BCUT2D eigenvalue weighted by Gasteiger charge is -2.04. The third-order valence-corrected chi connectivity index (χ3v) is 4.92. The van der Waals surface area contributed by atoms with E-state index in [1.807, 2.05) is 30.3 Å². The fraction of sp³-hybridized carbons (Fsp3) is 0.176. The zero-order valence-corrected chi connectivity index (χ0v) is 16.2. The summed E-state index contributed by atoms with van der Waals surface area (Å²) in [6.45, 7) is 0. The van der Waals surface area contributed by atoms with Crippen LogP contribution in [-0.2, 0) is 12.2 Å². The van der Waals surface area contributed by atoms with Crippen molar-refractivity contribution >= 4 is 35.0 Å². The quantitative estimate of drug-likeness (QED) is 0.613. The molecule has 1 aromatic heterocycles. The number of benzene rings is 2. The van der Waals surface area contributed by atoms with Gasteiger partial charge in [-0.15, -0.1) is 10.2 Å². The minimum Gasteiger partial charge on any atom is -1.00 e. The summed E-state index contributed by atoms with van der Waals surface area (Å²) in [6.07, 6.45) is 0.760. The third kappa shape index (κ3) is 5.62. The number of aromatic nitrogens is 2. The molecule has 0 fully saturated rings. The molecule has 3 aromatic rings. The van der Waals surface area contributed by atoms with Gasteiger partial charge in [0.1, 0.15) is 0 Å². The van der Waals surface area contributed by atoms with Gasteiger partial charge in [0.05, 0.1) is 0 Å². The van der Waals surface area contributed by atoms with Crippen molar-refractivity contribution in [3.8, 4) is 0 Å². The number of quaternary nitrogens is 1. The van der Waals surface area contributed by atoms with Gasteiger partial charge in [-0.1, -0.05) is 71.4 Å². The minimum absolute atomic E-state index is 0. The molecule has 0 spiro atoms. The van der Waals surface area contributed by atoms with Gasteiger partial charge >= 0.3 is 0 Å². The smallest absolute Gasteiger partial charge is 0.277 e. The average molecular weight is 417 g/mol. The Hall–Kier alpha value is -1.24. The van der Waals surface area contributed by atoms with Crippen molar-refractivity contribution < 1.29 is 22.6 Å². The lowest BCUT2D eigenvalue weighted by atomic mass is 10.1. The Kier molecular flexibility index (Phi) is 7.59. The maximum absolute atomic E-state index is 6.17. The van der Waals surface area contributed by atoms with E-state index >= 15 is 0 Å². The summed E-state index contributed by atoms with van der Waals surface area (Å²) in [5.74, 6) is 1.18. The molecular weight excluding hydrogens is 401 g/mol. The largest absolute Gasteiger partial charge is 1.00 e. The van der Waals surface area contributed by atoms with Gasteiger partial charge in [0.2, 0.25) is 0 Å². The molecule has 0 aliphatic heterocycles. The highest BCUT2D eigenvalue weighted by atomic mass is 35.5. The Morgan fingerprint density at radius 1 is 1.08 bits per heavy atom. The number of halogens is 3. The summed E-state index contributed by atoms with van der Waals surface area (Å²) >= 11 is 13.5. The van der Waals surface area contributed by atoms with E-state index in [-0.39, 0.29) is 18.4 Å². The van der Waals surface area contributed by atoms with Gasteiger partial charge in [-0.05, 0) is 23.3 Å². The maximum atomic E-state index is 6.17. The number of rotatable bonds is 6. The van der Waals surface area contributed by atoms with Gasteiger partial charge in [0, 0.05) is 22.2 Å². The summed E-state index contributed by atoms with van der Waals surface area (Å²) in [4.78, 5) is 0. The Bertz CT molecular complexity index is 814. The highest BCUT2D eigenvalue weighted by molar-refractivity contribution is 7.98. The molecule has 4 nitrogen and oxygen atoms in total. The lowest BCUT2D eigenvalue weighted by Crippen LogP contribution is -3.00. The Morgan fingerprint density at radius 3 is 2.56 bits per heavy atom. The second kappa shape index (κ2) is 9.46. The highest BCUT2D eigenvalue weighted by Gasteiger charge is 2.18. The van der Waals surface area contributed by atoms with Gasteiger partial charge < -0.3 is 22.6 Å². The molecule has 0 saturated heterocycles. The first-order valence-electron chi connectivity index (χ1n) is 7.39. The molecule has 132 valence electrons. The van der Waals surface area contributed by atoms with E-state index < -0.39 is 0 Å². The SMILES string of the molecule is [Cl-].[NH3+][C@@H](Cc1ccccc1)c1nnc(SCc2ccc(Cl)cc2Cl)o1. The van der Waals surface area contributed by atoms with Crippen LogP contribution >= 0.6 is 35.0 Å². The zero-order chi connectivity index (χ0) is 16.9. The molecule has 0 bridgehead atoms. The van der Waals surface area contributed by atoms with Crippen molar-refractivity contribution in [1.29, 1.82) is 0 Å². The number of hydrogen-bond acceptors (Lipinski definition) is 4. The molecule has 3 rings (SSSR count). The van der Waals surface area contributed by atoms with E-state index in [0.29, 0.717) is 26.9 Å². The summed E-state index contributed by atoms with van der Waals surface area (Å²) < 4.78 is 5.71. The van der Waals surface area contributed by atoms with Crippen LogP contribution in [0.4, 0.5) is 0 Å². The van der Waals surface area contributed by atoms with Crippen molar-refractivity contribution in [2.75, 3.05) is 0 Å². The van der Waals surface area contributed by atoms with Crippen molar-refractivity contribution in [1.82, 2.24) is 10.2 Å². The molecule has 2 aromatic carbocycles.